The summed E-state index contributed by atoms with van der Waals surface area (Å²) in [5.74, 6) is 0. The van der Waals surface area contributed by atoms with E-state index in [-0.39, 0.29) is 12.4 Å². The largest absolute Gasteiger partial charge is 0.303 e. The van der Waals surface area contributed by atoms with Gasteiger partial charge in [0.25, 0.3) is 0 Å². The smallest absolute Gasteiger partial charge is 0.0240 e. The van der Waals surface area contributed by atoms with Crippen LogP contribution in [0.2, 0.25) is 0 Å². The molecule has 1 fully saturated rings. The summed E-state index contributed by atoms with van der Waals surface area (Å²) >= 11 is 0. The molecule has 146 valence electrons. The van der Waals surface area contributed by atoms with Crippen molar-refractivity contribution in [3.8, 4) is 0 Å². The third kappa shape index (κ3) is 5.13. The van der Waals surface area contributed by atoms with E-state index >= 15 is 0 Å². The molecule has 0 saturated carbocycles. The number of piperidine rings is 1. The summed E-state index contributed by atoms with van der Waals surface area (Å²) in [6, 6.07) is 18.9. The minimum Gasteiger partial charge on any atom is -0.303 e. The standard InChI is InChI=1S/C24H32N2.ClH/c1-25-16-7-6-12-24(25)15-17-26-18-22-10-4-2-8-20(22)13-14-21-9-3-5-11-23(21)19-26;/h2-5,8-11,24H,6-7,12-19H2,1H3;1H. The molecular weight excluding hydrogens is 352 g/mol. The van der Waals surface area contributed by atoms with E-state index in [4.69, 9.17) is 0 Å². The van der Waals surface area contributed by atoms with Crippen molar-refractivity contribution in [2.75, 3.05) is 20.1 Å². The zero-order chi connectivity index (χ0) is 17.8. The molecule has 2 aromatic rings. The molecule has 2 nitrogen and oxygen atoms in total. The van der Waals surface area contributed by atoms with Gasteiger partial charge in [0.05, 0.1) is 0 Å². The van der Waals surface area contributed by atoms with E-state index in [0.29, 0.717) is 0 Å². The minimum absolute atomic E-state index is 0. The van der Waals surface area contributed by atoms with E-state index in [1.807, 2.05) is 0 Å². The molecule has 4 rings (SSSR count). The summed E-state index contributed by atoms with van der Waals surface area (Å²) in [5, 5.41) is 0. The Hall–Kier alpha value is -1.35. The number of nitrogens with zero attached hydrogens (tertiary/aromatic N) is 2. The summed E-state index contributed by atoms with van der Waals surface area (Å²) in [6.07, 6.45) is 7.76. The molecule has 1 saturated heterocycles. The van der Waals surface area contributed by atoms with Crippen molar-refractivity contribution in [1.29, 1.82) is 0 Å². The second-order valence-electron chi connectivity index (χ2n) is 8.17. The molecule has 1 atom stereocenters. The van der Waals surface area contributed by atoms with Crippen LogP contribution in [0.1, 0.15) is 47.9 Å². The monoisotopic (exact) mass is 384 g/mol. The molecule has 2 heterocycles. The number of aryl methyl sites for hydroxylation is 2. The lowest BCUT2D eigenvalue weighted by atomic mass is 9.98. The Morgan fingerprint density at radius 3 is 1.93 bits per heavy atom. The van der Waals surface area contributed by atoms with E-state index in [0.717, 1.165) is 32.0 Å². The molecule has 0 aromatic heterocycles. The molecule has 0 spiro atoms. The van der Waals surface area contributed by atoms with E-state index in [1.165, 1.54) is 61.0 Å². The van der Waals surface area contributed by atoms with Gasteiger partial charge < -0.3 is 4.90 Å². The fourth-order valence-corrected chi connectivity index (χ4v) is 4.72. The Morgan fingerprint density at radius 1 is 0.815 bits per heavy atom. The Balaban J connectivity index is 0.00000210. The van der Waals surface area contributed by atoms with Crippen LogP contribution in [0.5, 0.6) is 0 Å². The van der Waals surface area contributed by atoms with Crippen molar-refractivity contribution in [1.82, 2.24) is 9.80 Å². The Bertz CT molecular complexity index is 680. The average molecular weight is 385 g/mol. The molecule has 3 heteroatoms. The van der Waals surface area contributed by atoms with Crippen LogP contribution >= 0.6 is 12.4 Å². The molecule has 0 aliphatic carbocycles. The van der Waals surface area contributed by atoms with Crippen LogP contribution < -0.4 is 0 Å². The van der Waals surface area contributed by atoms with Gasteiger partial charge in [-0.3, -0.25) is 4.90 Å². The van der Waals surface area contributed by atoms with E-state index in [1.54, 1.807) is 0 Å². The Labute approximate surface area is 171 Å². The molecule has 1 unspecified atom stereocenters. The molecular formula is C24H33ClN2. The van der Waals surface area contributed by atoms with Gasteiger partial charge in [-0.25, -0.2) is 0 Å². The van der Waals surface area contributed by atoms with Crippen molar-refractivity contribution >= 4 is 12.4 Å². The van der Waals surface area contributed by atoms with Crippen molar-refractivity contribution in [3.63, 3.8) is 0 Å². The van der Waals surface area contributed by atoms with Gasteiger partial charge >= 0.3 is 0 Å². The Morgan fingerprint density at radius 2 is 1.37 bits per heavy atom. The first kappa shape index (κ1) is 20.4. The summed E-state index contributed by atoms with van der Waals surface area (Å²) < 4.78 is 0. The number of hydrogen-bond donors (Lipinski definition) is 0. The first-order valence-corrected chi connectivity index (χ1v) is 10.4. The maximum Gasteiger partial charge on any atom is 0.0240 e. The highest BCUT2D eigenvalue weighted by Gasteiger charge is 2.21. The third-order valence-electron chi connectivity index (χ3n) is 6.39. The second kappa shape index (κ2) is 9.73. The summed E-state index contributed by atoms with van der Waals surface area (Å²) in [7, 11) is 2.31. The number of benzene rings is 2. The zero-order valence-corrected chi connectivity index (χ0v) is 17.4. The molecule has 0 N–H and O–H groups in total. The second-order valence-corrected chi connectivity index (χ2v) is 8.17. The molecule has 2 aromatic carbocycles. The van der Waals surface area contributed by atoms with Crippen LogP contribution in [-0.4, -0.2) is 36.0 Å². The highest BCUT2D eigenvalue weighted by atomic mass is 35.5. The lowest BCUT2D eigenvalue weighted by Crippen LogP contribution is -2.39. The lowest BCUT2D eigenvalue weighted by Gasteiger charge is -2.34. The molecule has 0 radical (unpaired) electrons. The van der Waals surface area contributed by atoms with Crippen molar-refractivity contribution < 1.29 is 0 Å². The Kier molecular flexibility index (Phi) is 7.34. The van der Waals surface area contributed by atoms with Crippen LogP contribution in [0.3, 0.4) is 0 Å². The number of hydrogen-bond acceptors (Lipinski definition) is 2. The molecule has 0 bridgehead atoms. The van der Waals surface area contributed by atoms with E-state index in [9.17, 15) is 0 Å². The highest BCUT2D eigenvalue weighted by Crippen LogP contribution is 2.24. The summed E-state index contributed by atoms with van der Waals surface area (Å²) in [5.41, 5.74) is 6.11. The first-order chi connectivity index (χ1) is 12.8. The minimum atomic E-state index is 0. The number of fused-ring (bicyclic) bond motifs is 2. The number of halogens is 1. The van der Waals surface area contributed by atoms with Crippen LogP contribution in [0, 0.1) is 0 Å². The van der Waals surface area contributed by atoms with Crippen molar-refractivity contribution in [2.24, 2.45) is 0 Å². The average Bonchev–Trinajstić information content (AvgIpc) is 2.74. The highest BCUT2D eigenvalue weighted by molar-refractivity contribution is 5.85. The van der Waals surface area contributed by atoms with Crippen LogP contribution in [0.15, 0.2) is 48.5 Å². The maximum absolute atomic E-state index is 2.69. The SMILES string of the molecule is CN1CCCCC1CCN1Cc2ccccc2CCc2ccccc2C1.Cl. The zero-order valence-electron chi connectivity index (χ0n) is 16.6. The van der Waals surface area contributed by atoms with Gasteiger partial charge in [-0.1, -0.05) is 55.0 Å². The van der Waals surface area contributed by atoms with Gasteiger partial charge in [0.15, 0.2) is 0 Å². The van der Waals surface area contributed by atoms with Crippen molar-refractivity contribution in [2.45, 2.75) is 57.7 Å². The predicted octanol–water partition coefficient (Wildman–Crippen LogP) is 5.08. The van der Waals surface area contributed by atoms with Crippen LogP contribution in [0.25, 0.3) is 0 Å². The number of rotatable bonds is 3. The number of likely N-dealkylation sites (tertiary alicyclic amines) is 1. The van der Waals surface area contributed by atoms with Crippen LogP contribution in [0.4, 0.5) is 0 Å². The van der Waals surface area contributed by atoms with E-state index < -0.39 is 0 Å². The summed E-state index contributed by atoms with van der Waals surface area (Å²) in [4.78, 5) is 5.27. The molecule has 2 aliphatic rings. The summed E-state index contributed by atoms with van der Waals surface area (Å²) in [6.45, 7) is 4.63. The van der Waals surface area contributed by atoms with E-state index in [2.05, 4.69) is 65.4 Å². The predicted molar refractivity (Wildman–Crippen MR) is 117 cm³/mol. The molecule has 0 amide bonds. The van der Waals surface area contributed by atoms with Gasteiger partial charge in [0.2, 0.25) is 0 Å². The molecule has 27 heavy (non-hydrogen) atoms. The van der Waals surface area contributed by atoms with Crippen LogP contribution in [-0.2, 0) is 25.9 Å². The van der Waals surface area contributed by atoms with Gasteiger partial charge in [-0.05, 0) is 68.0 Å². The maximum atomic E-state index is 2.69. The van der Waals surface area contributed by atoms with Crippen molar-refractivity contribution in [3.05, 3.63) is 70.8 Å². The molecule has 2 aliphatic heterocycles. The quantitative estimate of drug-likeness (QED) is 0.727. The van der Waals surface area contributed by atoms with Gasteiger partial charge in [0, 0.05) is 25.7 Å². The normalized spacial score (nSPS) is 21.1. The fourth-order valence-electron chi connectivity index (χ4n) is 4.72. The van der Waals surface area contributed by atoms with Gasteiger partial charge in [0.1, 0.15) is 0 Å². The third-order valence-corrected chi connectivity index (χ3v) is 6.39. The topological polar surface area (TPSA) is 6.48 Å². The first-order valence-electron chi connectivity index (χ1n) is 10.4. The fraction of sp³-hybridized carbons (Fsp3) is 0.500. The lowest BCUT2D eigenvalue weighted by molar-refractivity contribution is 0.149. The van der Waals surface area contributed by atoms with Gasteiger partial charge in [-0.2, -0.15) is 0 Å². The van der Waals surface area contributed by atoms with Gasteiger partial charge in [-0.15, -0.1) is 12.4 Å².